The van der Waals surface area contributed by atoms with Crippen molar-refractivity contribution in [3.05, 3.63) is 28.8 Å². The molecule has 3 rings (SSSR count). The minimum Gasteiger partial charge on any atom is -0.330 e. The monoisotopic (exact) mass is 250 g/mol. The first-order chi connectivity index (χ1) is 8.25. The van der Waals surface area contributed by atoms with Gasteiger partial charge >= 0.3 is 0 Å². The van der Waals surface area contributed by atoms with E-state index in [2.05, 4.69) is 9.55 Å². The molecule has 0 atom stereocenters. The molecule has 1 aliphatic rings. The first-order valence-corrected chi connectivity index (χ1v) is 6.56. The molecule has 4 heteroatoms. The molecule has 1 aromatic heterocycles. The molecule has 90 valence electrons. The fraction of sp³-hybridized carbons (Fsp3) is 0.462. The number of nitrogens with zero attached hydrogens (tertiary/aromatic N) is 1. The maximum Gasteiger partial charge on any atom is 0.178 e. The van der Waals surface area contributed by atoms with Gasteiger partial charge in [-0.05, 0) is 43.3 Å². The highest BCUT2D eigenvalue weighted by atomic mass is 32.1. The molecule has 0 aliphatic heterocycles. The highest BCUT2D eigenvalue weighted by Gasteiger charge is 2.18. The molecule has 2 nitrogen and oxygen atoms in total. The standard InChI is InChI=1S/C13H15FN2S/c14-9-6-7-12-11(8-9)15-13(17)16(12)10-4-2-1-3-5-10/h6-8,10H,1-5H2,(H,15,17). The van der Waals surface area contributed by atoms with Crippen molar-refractivity contribution < 1.29 is 4.39 Å². The molecule has 1 N–H and O–H groups in total. The minimum atomic E-state index is -0.218. The second kappa shape index (κ2) is 4.26. The first-order valence-electron chi connectivity index (χ1n) is 6.15. The molecule has 0 bridgehead atoms. The van der Waals surface area contributed by atoms with Crippen LogP contribution in [0.25, 0.3) is 11.0 Å². The van der Waals surface area contributed by atoms with E-state index in [1.807, 2.05) is 6.07 Å². The van der Waals surface area contributed by atoms with E-state index in [-0.39, 0.29) is 5.82 Å². The Morgan fingerprint density at radius 3 is 2.76 bits per heavy atom. The van der Waals surface area contributed by atoms with Gasteiger partial charge in [-0.25, -0.2) is 4.39 Å². The van der Waals surface area contributed by atoms with Crippen LogP contribution in [0, 0.1) is 10.6 Å². The summed E-state index contributed by atoms with van der Waals surface area (Å²) in [6.07, 6.45) is 6.21. The number of aromatic amines is 1. The lowest BCUT2D eigenvalue weighted by atomic mass is 9.95. The predicted octanol–water partition coefficient (Wildman–Crippen LogP) is 4.34. The molecule has 1 aliphatic carbocycles. The van der Waals surface area contributed by atoms with Crippen molar-refractivity contribution >= 4 is 23.3 Å². The number of fused-ring (bicyclic) bond motifs is 1. The molecule has 2 aromatic rings. The summed E-state index contributed by atoms with van der Waals surface area (Å²) in [6, 6.07) is 5.33. The fourth-order valence-corrected chi connectivity index (χ4v) is 3.16. The molecule has 1 fully saturated rings. The van der Waals surface area contributed by atoms with Crippen LogP contribution in [0.2, 0.25) is 0 Å². The van der Waals surface area contributed by atoms with Crippen LogP contribution in [0.15, 0.2) is 18.2 Å². The van der Waals surface area contributed by atoms with Crippen LogP contribution in [0.1, 0.15) is 38.1 Å². The topological polar surface area (TPSA) is 20.7 Å². The van der Waals surface area contributed by atoms with E-state index in [9.17, 15) is 4.39 Å². The van der Waals surface area contributed by atoms with Gasteiger partial charge < -0.3 is 9.55 Å². The fourth-order valence-electron chi connectivity index (χ4n) is 2.81. The number of hydrogen-bond acceptors (Lipinski definition) is 1. The molecule has 1 aromatic carbocycles. The van der Waals surface area contributed by atoms with Crippen LogP contribution in [-0.4, -0.2) is 9.55 Å². The molecular weight excluding hydrogens is 235 g/mol. The highest BCUT2D eigenvalue weighted by molar-refractivity contribution is 7.71. The van der Waals surface area contributed by atoms with Gasteiger partial charge in [-0.1, -0.05) is 19.3 Å². The smallest absolute Gasteiger partial charge is 0.178 e. The molecule has 0 unspecified atom stereocenters. The lowest BCUT2D eigenvalue weighted by Crippen LogP contribution is -2.12. The zero-order valence-electron chi connectivity index (χ0n) is 9.58. The van der Waals surface area contributed by atoms with E-state index >= 15 is 0 Å². The van der Waals surface area contributed by atoms with E-state index < -0.39 is 0 Å². The average Bonchev–Trinajstić information content (AvgIpc) is 2.65. The van der Waals surface area contributed by atoms with Crippen LogP contribution in [0.3, 0.4) is 0 Å². The van der Waals surface area contributed by atoms with Gasteiger partial charge in [0.2, 0.25) is 0 Å². The van der Waals surface area contributed by atoms with Crippen LogP contribution in [-0.2, 0) is 0 Å². The molecular formula is C13H15FN2S. The van der Waals surface area contributed by atoms with Gasteiger partial charge in [-0.15, -0.1) is 0 Å². The third kappa shape index (κ3) is 1.90. The van der Waals surface area contributed by atoms with Crippen molar-refractivity contribution in [1.29, 1.82) is 0 Å². The van der Waals surface area contributed by atoms with Gasteiger partial charge in [-0.2, -0.15) is 0 Å². The molecule has 0 radical (unpaired) electrons. The number of H-pyrrole nitrogens is 1. The zero-order valence-corrected chi connectivity index (χ0v) is 10.4. The van der Waals surface area contributed by atoms with Crippen LogP contribution in [0.5, 0.6) is 0 Å². The number of imidazole rings is 1. The quantitative estimate of drug-likeness (QED) is 0.746. The number of hydrogen-bond donors (Lipinski definition) is 1. The normalized spacial score (nSPS) is 17.7. The Kier molecular flexibility index (Phi) is 2.74. The second-order valence-electron chi connectivity index (χ2n) is 4.75. The van der Waals surface area contributed by atoms with Crippen molar-refractivity contribution in [2.75, 3.05) is 0 Å². The molecule has 0 saturated heterocycles. The maximum absolute atomic E-state index is 13.2. The first kappa shape index (κ1) is 11.0. The largest absolute Gasteiger partial charge is 0.330 e. The Hall–Kier alpha value is -1.16. The summed E-state index contributed by atoms with van der Waals surface area (Å²) in [4.78, 5) is 3.10. The van der Waals surface area contributed by atoms with E-state index in [1.54, 1.807) is 0 Å². The molecule has 1 heterocycles. The number of benzene rings is 1. The Labute approximate surface area is 104 Å². The van der Waals surface area contributed by atoms with Gasteiger partial charge in [0.05, 0.1) is 11.0 Å². The van der Waals surface area contributed by atoms with Crippen LogP contribution < -0.4 is 0 Å². The summed E-state index contributed by atoms with van der Waals surface area (Å²) in [7, 11) is 0. The minimum absolute atomic E-state index is 0.218. The van der Waals surface area contributed by atoms with Gasteiger partial charge in [0, 0.05) is 6.04 Å². The van der Waals surface area contributed by atoms with Crippen LogP contribution >= 0.6 is 12.2 Å². The van der Waals surface area contributed by atoms with Crippen molar-refractivity contribution in [3.63, 3.8) is 0 Å². The summed E-state index contributed by atoms with van der Waals surface area (Å²) >= 11 is 5.36. The Morgan fingerprint density at radius 2 is 2.00 bits per heavy atom. The lowest BCUT2D eigenvalue weighted by Gasteiger charge is -2.23. The molecule has 0 spiro atoms. The second-order valence-corrected chi connectivity index (χ2v) is 5.14. The van der Waals surface area contributed by atoms with E-state index in [4.69, 9.17) is 12.2 Å². The summed E-state index contributed by atoms with van der Waals surface area (Å²) in [6.45, 7) is 0. The van der Waals surface area contributed by atoms with E-state index in [0.717, 1.165) is 15.8 Å². The third-order valence-electron chi connectivity index (χ3n) is 3.62. The maximum atomic E-state index is 13.2. The summed E-state index contributed by atoms with van der Waals surface area (Å²) < 4.78 is 16.0. The van der Waals surface area contributed by atoms with Crippen molar-refractivity contribution in [2.24, 2.45) is 0 Å². The number of halogens is 1. The Bertz CT molecular complexity index is 593. The Morgan fingerprint density at radius 1 is 1.24 bits per heavy atom. The number of nitrogens with one attached hydrogen (secondary N) is 1. The lowest BCUT2D eigenvalue weighted by molar-refractivity contribution is 0.357. The average molecular weight is 250 g/mol. The summed E-state index contributed by atoms with van der Waals surface area (Å²) in [5.74, 6) is -0.218. The summed E-state index contributed by atoms with van der Waals surface area (Å²) in [5.41, 5.74) is 1.84. The van der Waals surface area contributed by atoms with Gasteiger partial charge in [0.1, 0.15) is 5.82 Å². The zero-order chi connectivity index (χ0) is 11.8. The molecule has 17 heavy (non-hydrogen) atoms. The Balaban J connectivity index is 2.14. The highest BCUT2D eigenvalue weighted by Crippen LogP contribution is 2.31. The van der Waals surface area contributed by atoms with Gasteiger partial charge in [0.25, 0.3) is 0 Å². The van der Waals surface area contributed by atoms with Crippen molar-refractivity contribution in [1.82, 2.24) is 9.55 Å². The van der Waals surface area contributed by atoms with Gasteiger partial charge in [0.15, 0.2) is 4.77 Å². The van der Waals surface area contributed by atoms with E-state index in [1.165, 1.54) is 44.2 Å². The van der Waals surface area contributed by atoms with Crippen molar-refractivity contribution in [3.8, 4) is 0 Å². The van der Waals surface area contributed by atoms with Crippen LogP contribution in [0.4, 0.5) is 4.39 Å². The van der Waals surface area contributed by atoms with E-state index in [0.29, 0.717) is 6.04 Å². The SMILES string of the molecule is Fc1ccc2c(c1)[nH]c(=S)n2C1CCCCC1. The molecule has 1 saturated carbocycles. The third-order valence-corrected chi connectivity index (χ3v) is 3.92. The summed E-state index contributed by atoms with van der Waals surface area (Å²) in [5, 5.41) is 0. The number of aromatic nitrogens is 2. The number of rotatable bonds is 1. The molecule has 0 amide bonds. The van der Waals surface area contributed by atoms with Crippen molar-refractivity contribution in [2.45, 2.75) is 38.1 Å². The predicted molar refractivity (Wildman–Crippen MR) is 69.2 cm³/mol. The van der Waals surface area contributed by atoms with Gasteiger partial charge in [-0.3, -0.25) is 0 Å².